The summed E-state index contributed by atoms with van der Waals surface area (Å²) in [5.41, 5.74) is 3.10. The number of benzene rings is 1. The molecule has 24 heavy (non-hydrogen) atoms. The lowest BCUT2D eigenvalue weighted by atomic mass is 10.00. The lowest BCUT2D eigenvalue weighted by Crippen LogP contribution is -2.15. The number of H-pyrrole nitrogens is 1. The van der Waals surface area contributed by atoms with Crippen molar-refractivity contribution in [3.63, 3.8) is 0 Å². The van der Waals surface area contributed by atoms with Gasteiger partial charge >= 0.3 is 0 Å². The maximum Gasteiger partial charge on any atom is 0.256 e. The van der Waals surface area contributed by atoms with Crippen LogP contribution >= 0.6 is 0 Å². The van der Waals surface area contributed by atoms with Crippen LogP contribution in [0.1, 0.15) is 35.8 Å². The Morgan fingerprint density at radius 1 is 1.33 bits per heavy atom. The van der Waals surface area contributed by atoms with Crippen molar-refractivity contribution < 1.29 is 14.3 Å². The Morgan fingerprint density at radius 2 is 2.17 bits per heavy atom. The van der Waals surface area contributed by atoms with Crippen molar-refractivity contribution in [2.24, 2.45) is 0 Å². The second kappa shape index (κ2) is 6.13. The van der Waals surface area contributed by atoms with Crippen LogP contribution in [0.15, 0.2) is 24.4 Å². The lowest BCUT2D eigenvalue weighted by molar-refractivity contribution is -0.110. The summed E-state index contributed by atoms with van der Waals surface area (Å²) in [6.45, 7) is 1.55. The average Bonchev–Trinajstić information content (AvgIpc) is 3.21. The smallest absolute Gasteiger partial charge is 0.256 e. The van der Waals surface area contributed by atoms with Crippen molar-refractivity contribution in [3.8, 4) is 5.75 Å². The van der Waals surface area contributed by atoms with E-state index in [-0.39, 0.29) is 5.91 Å². The zero-order valence-corrected chi connectivity index (χ0v) is 13.5. The van der Waals surface area contributed by atoms with E-state index in [1.807, 2.05) is 24.3 Å². The van der Waals surface area contributed by atoms with Gasteiger partial charge in [-0.05, 0) is 37.1 Å². The average molecular weight is 325 g/mol. The summed E-state index contributed by atoms with van der Waals surface area (Å²) in [7, 11) is 1.62. The van der Waals surface area contributed by atoms with Gasteiger partial charge in [0.05, 0.1) is 24.6 Å². The van der Waals surface area contributed by atoms with Gasteiger partial charge in [0.2, 0.25) is 0 Å². The van der Waals surface area contributed by atoms with E-state index < -0.39 is 0 Å². The van der Waals surface area contributed by atoms with Crippen LogP contribution in [0, 0.1) is 0 Å². The molecule has 0 radical (unpaired) electrons. The summed E-state index contributed by atoms with van der Waals surface area (Å²) in [5.74, 6) is 1.98. The first-order chi connectivity index (χ1) is 11.7. The standard InChI is InChI=1S/C18H19N3O3/c1-23-13-2-3-16-14(9-13)15(18(22)21-16)8-12-10-19-17(20-12)11-4-6-24-7-5-11/h2-3,8-11H,4-7H2,1H3,(H,19,20)(H,21,22). The van der Waals surface area contributed by atoms with Gasteiger partial charge in [-0.2, -0.15) is 0 Å². The van der Waals surface area contributed by atoms with E-state index in [0.717, 1.165) is 54.6 Å². The fourth-order valence-corrected chi connectivity index (χ4v) is 3.20. The highest BCUT2D eigenvalue weighted by atomic mass is 16.5. The van der Waals surface area contributed by atoms with E-state index in [0.29, 0.717) is 11.5 Å². The molecular weight excluding hydrogens is 306 g/mol. The Bertz CT molecular complexity index is 804. The molecule has 0 unspecified atom stereocenters. The fraction of sp³-hybridized carbons (Fsp3) is 0.333. The molecule has 1 saturated heterocycles. The van der Waals surface area contributed by atoms with Crippen molar-refractivity contribution in [3.05, 3.63) is 41.5 Å². The minimum atomic E-state index is -0.111. The van der Waals surface area contributed by atoms with Gasteiger partial charge in [0.25, 0.3) is 5.91 Å². The molecule has 0 aliphatic carbocycles. The summed E-state index contributed by atoms with van der Waals surface area (Å²) < 4.78 is 10.7. The number of carbonyl (C=O) groups is 1. The Morgan fingerprint density at radius 3 is 2.96 bits per heavy atom. The molecular formula is C18H19N3O3. The highest BCUT2D eigenvalue weighted by molar-refractivity contribution is 6.34. The first kappa shape index (κ1) is 15.0. The van der Waals surface area contributed by atoms with Crippen LogP contribution in [-0.2, 0) is 9.53 Å². The number of nitrogens with zero attached hydrogens (tertiary/aromatic N) is 1. The number of fused-ring (bicyclic) bond motifs is 1. The number of amides is 1. The molecule has 124 valence electrons. The first-order valence-corrected chi connectivity index (χ1v) is 8.08. The number of aromatic nitrogens is 2. The Balaban J connectivity index is 1.64. The molecule has 1 fully saturated rings. The van der Waals surface area contributed by atoms with Gasteiger partial charge in [-0.25, -0.2) is 4.98 Å². The van der Waals surface area contributed by atoms with Crippen LogP contribution in [0.3, 0.4) is 0 Å². The molecule has 1 aromatic carbocycles. The molecule has 2 aliphatic heterocycles. The van der Waals surface area contributed by atoms with Gasteiger partial charge in [-0.15, -0.1) is 0 Å². The van der Waals surface area contributed by atoms with Gasteiger partial charge in [0.15, 0.2) is 0 Å². The zero-order valence-electron chi connectivity index (χ0n) is 13.5. The monoisotopic (exact) mass is 325 g/mol. The minimum absolute atomic E-state index is 0.111. The van der Waals surface area contributed by atoms with Crippen molar-refractivity contribution in [1.29, 1.82) is 0 Å². The van der Waals surface area contributed by atoms with Gasteiger partial charge in [-0.3, -0.25) is 4.79 Å². The van der Waals surface area contributed by atoms with Crippen LogP contribution in [-0.4, -0.2) is 36.2 Å². The molecule has 0 bridgehead atoms. The molecule has 2 aliphatic rings. The Labute approximate surface area is 139 Å². The van der Waals surface area contributed by atoms with Gasteiger partial charge < -0.3 is 19.8 Å². The molecule has 1 aromatic heterocycles. The number of carbonyl (C=O) groups excluding carboxylic acids is 1. The fourth-order valence-electron chi connectivity index (χ4n) is 3.20. The van der Waals surface area contributed by atoms with E-state index in [1.165, 1.54) is 0 Å². The molecule has 6 heteroatoms. The summed E-state index contributed by atoms with van der Waals surface area (Å²) >= 11 is 0. The van der Waals surface area contributed by atoms with Gasteiger partial charge in [0, 0.05) is 30.4 Å². The van der Waals surface area contributed by atoms with E-state index in [2.05, 4.69) is 15.3 Å². The van der Waals surface area contributed by atoms with Crippen molar-refractivity contribution >= 4 is 23.2 Å². The van der Waals surface area contributed by atoms with Crippen LogP contribution in [0.25, 0.3) is 11.6 Å². The SMILES string of the molecule is COc1ccc2c(c1)C(=Cc1cnc(C3CCOCC3)[nH]1)C(=O)N2. The molecule has 3 heterocycles. The largest absolute Gasteiger partial charge is 0.497 e. The summed E-state index contributed by atoms with van der Waals surface area (Å²) in [4.78, 5) is 20.1. The van der Waals surface area contributed by atoms with E-state index in [4.69, 9.17) is 9.47 Å². The maximum absolute atomic E-state index is 12.3. The summed E-state index contributed by atoms with van der Waals surface area (Å²) in [5, 5.41) is 2.88. The molecule has 0 saturated carbocycles. The maximum atomic E-state index is 12.3. The van der Waals surface area contributed by atoms with Gasteiger partial charge in [-0.1, -0.05) is 0 Å². The number of anilines is 1. The predicted molar refractivity (Wildman–Crippen MR) is 90.9 cm³/mol. The minimum Gasteiger partial charge on any atom is -0.497 e. The van der Waals surface area contributed by atoms with E-state index >= 15 is 0 Å². The third-order valence-electron chi connectivity index (χ3n) is 4.53. The number of aromatic amines is 1. The lowest BCUT2D eigenvalue weighted by Gasteiger charge is -2.19. The summed E-state index contributed by atoms with van der Waals surface area (Å²) in [6.07, 6.45) is 5.58. The first-order valence-electron chi connectivity index (χ1n) is 8.08. The molecule has 2 aromatic rings. The predicted octanol–water partition coefficient (Wildman–Crippen LogP) is 2.80. The van der Waals surface area contributed by atoms with Crippen LogP contribution in [0.5, 0.6) is 5.75 Å². The Hall–Kier alpha value is -2.60. The zero-order chi connectivity index (χ0) is 16.5. The number of rotatable bonds is 3. The topological polar surface area (TPSA) is 76.2 Å². The second-order valence-corrected chi connectivity index (χ2v) is 6.03. The highest BCUT2D eigenvalue weighted by Crippen LogP contribution is 2.35. The molecule has 2 N–H and O–H groups in total. The molecule has 1 amide bonds. The number of hydrogen-bond acceptors (Lipinski definition) is 4. The van der Waals surface area contributed by atoms with Crippen molar-refractivity contribution in [2.45, 2.75) is 18.8 Å². The number of nitrogens with one attached hydrogen (secondary N) is 2. The molecule has 6 nitrogen and oxygen atoms in total. The van der Waals surface area contributed by atoms with E-state index in [1.54, 1.807) is 13.3 Å². The third-order valence-corrected chi connectivity index (χ3v) is 4.53. The second-order valence-electron chi connectivity index (χ2n) is 6.03. The van der Waals surface area contributed by atoms with Gasteiger partial charge in [0.1, 0.15) is 11.6 Å². The summed E-state index contributed by atoms with van der Waals surface area (Å²) in [6, 6.07) is 5.56. The molecule has 0 atom stereocenters. The number of methoxy groups -OCH3 is 1. The number of hydrogen-bond donors (Lipinski definition) is 2. The highest BCUT2D eigenvalue weighted by Gasteiger charge is 2.25. The Kier molecular flexibility index (Phi) is 3.82. The third kappa shape index (κ3) is 2.69. The molecule has 4 rings (SSSR count). The van der Waals surface area contributed by atoms with E-state index in [9.17, 15) is 4.79 Å². The van der Waals surface area contributed by atoms with Crippen LogP contribution < -0.4 is 10.1 Å². The van der Waals surface area contributed by atoms with Crippen LogP contribution in [0.4, 0.5) is 5.69 Å². The normalized spacial score (nSPS) is 19.4. The number of ether oxygens (including phenoxy) is 2. The van der Waals surface area contributed by atoms with Crippen LogP contribution in [0.2, 0.25) is 0 Å². The molecule has 0 spiro atoms. The quantitative estimate of drug-likeness (QED) is 0.851. The van der Waals surface area contributed by atoms with Crippen molar-refractivity contribution in [2.75, 3.05) is 25.6 Å². The number of imidazole rings is 1. The van der Waals surface area contributed by atoms with Crippen molar-refractivity contribution in [1.82, 2.24) is 9.97 Å².